The van der Waals surface area contributed by atoms with Crippen LogP contribution in [0.2, 0.25) is 0 Å². The number of ether oxygens (including phenoxy) is 2. The number of fused-ring (bicyclic) bond motifs is 1. The molecule has 0 fully saturated rings. The van der Waals surface area contributed by atoms with Crippen LogP contribution >= 0.6 is 0 Å². The van der Waals surface area contributed by atoms with E-state index in [0.717, 1.165) is 0 Å². The first-order chi connectivity index (χ1) is 12.4. The molecule has 9 nitrogen and oxygen atoms in total. The summed E-state index contributed by atoms with van der Waals surface area (Å²) in [5.41, 5.74) is 0.529. The highest BCUT2D eigenvalue weighted by molar-refractivity contribution is 5.99. The Labute approximate surface area is 150 Å². The Bertz CT molecular complexity index is 705. The van der Waals surface area contributed by atoms with Crippen molar-refractivity contribution >= 4 is 29.4 Å². The van der Waals surface area contributed by atoms with Gasteiger partial charge in [0.2, 0.25) is 5.91 Å². The molecular weight excluding hydrogens is 342 g/mol. The maximum atomic E-state index is 11.9. The van der Waals surface area contributed by atoms with Crippen LogP contribution in [0.25, 0.3) is 0 Å². The number of carbonyl (C=O) groups excluding carboxylic acids is 4. The number of esters is 1. The largest absolute Gasteiger partial charge is 0.478 e. The van der Waals surface area contributed by atoms with Crippen LogP contribution in [0.3, 0.4) is 0 Å². The fraction of sp³-hybridized carbons (Fsp3) is 0.412. The molecule has 2 rings (SSSR count). The quantitative estimate of drug-likeness (QED) is 0.584. The van der Waals surface area contributed by atoms with Gasteiger partial charge in [-0.15, -0.1) is 0 Å². The van der Waals surface area contributed by atoms with E-state index in [-0.39, 0.29) is 12.3 Å². The van der Waals surface area contributed by atoms with Gasteiger partial charge in [-0.05, 0) is 26.0 Å². The van der Waals surface area contributed by atoms with Gasteiger partial charge in [0.25, 0.3) is 11.8 Å². The molecule has 0 unspecified atom stereocenters. The number of benzene rings is 1. The van der Waals surface area contributed by atoms with Crippen LogP contribution in [0.4, 0.5) is 5.69 Å². The fourth-order valence-electron chi connectivity index (χ4n) is 2.26. The molecule has 2 atom stereocenters. The Kier molecular flexibility index (Phi) is 6.54. The normalized spacial score (nSPS) is 16.4. The molecule has 3 N–H and O–H groups in total. The summed E-state index contributed by atoms with van der Waals surface area (Å²) in [6.45, 7) is 3.17. The van der Waals surface area contributed by atoms with E-state index in [0.29, 0.717) is 18.0 Å². The van der Waals surface area contributed by atoms with Crippen molar-refractivity contribution in [3.05, 3.63) is 24.3 Å². The minimum absolute atomic E-state index is 0.334. The van der Waals surface area contributed by atoms with Gasteiger partial charge in [-0.25, -0.2) is 0 Å². The zero-order valence-corrected chi connectivity index (χ0v) is 14.5. The number of anilines is 1. The Balaban J connectivity index is 1.78. The summed E-state index contributed by atoms with van der Waals surface area (Å²) >= 11 is 0. The summed E-state index contributed by atoms with van der Waals surface area (Å²) in [5.74, 6) is -1.71. The molecule has 9 heteroatoms. The lowest BCUT2D eigenvalue weighted by atomic mass is 10.1. The maximum Gasteiger partial charge on any atom is 0.310 e. The minimum atomic E-state index is -1.03. The summed E-state index contributed by atoms with van der Waals surface area (Å²) in [5, 5.41) is 7.60. The molecule has 3 amide bonds. The van der Waals surface area contributed by atoms with Crippen LogP contribution < -0.4 is 20.7 Å². The number of hydrogen-bond donors (Lipinski definition) is 3. The van der Waals surface area contributed by atoms with Crippen molar-refractivity contribution in [1.82, 2.24) is 10.6 Å². The second kappa shape index (κ2) is 8.84. The van der Waals surface area contributed by atoms with Gasteiger partial charge in [0.1, 0.15) is 11.8 Å². The zero-order valence-electron chi connectivity index (χ0n) is 14.5. The molecule has 0 radical (unpaired) electrons. The van der Waals surface area contributed by atoms with Crippen molar-refractivity contribution in [2.75, 3.05) is 18.5 Å². The van der Waals surface area contributed by atoms with Crippen molar-refractivity contribution in [1.29, 1.82) is 0 Å². The van der Waals surface area contributed by atoms with Crippen molar-refractivity contribution in [3.8, 4) is 5.75 Å². The Morgan fingerprint density at radius 3 is 2.77 bits per heavy atom. The van der Waals surface area contributed by atoms with Crippen molar-refractivity contribution in [2.45, 2.75) is 32.4 Å². The van der Waals surface area contributed by atoms with Crippen LogP contribution in [0, 0.1) is 0 Å². The molecule has 0 bridgehead atoms. The lowest BCUT2D eigenvalue weighted by Crippen LogP contribution is -2.46. The summed E-state index contributed by atoms with van der Waals surface area (Å²) < 4.78 is 10.3. The van der Waals surface area contributed by atoms with Crippen LogP contribution in [0.1, 0.15) is 20.3 Å². The average Bonchev–Trinajstić information content (AvgIpc) is 2.60. The number of para-hydroxylation sites is 2. The zero-order chi connectivity index (χ0) is 19.1. The van der Waals surface area contributed by atoms with E-state index < -0.39 is 36.5 Å². The predicted molar refractivity (Wildman–Crippen MR) is 91.4 cm³/mol. The topological polar surface area (TPSA) is 123 Å². The van der Waals surface area contributed by atoms with Crippen LogP contribution in [0.15, 0.2) is 24.3 Å². The number of rotatable bonds is 7. The van der Waals surface area contributed by atoms with Crippen LogP contribution in [0.5, 0.6) is 5.75 Å². The highest BCUT2D eigenvalue weighted by atomic mass is 16.5. The molecular formula is C17H21N3O6. The van der Waals surface area contributed by atoms with Gasteiger partial charge in [0.15, 0.2) is 12.7 Å². The third kappa shape index (κ3) is 5.20. The number of nitrogens with one attached hydrogen (secondary N) is 3. The van der Waals surface area contributed by atoms with Gasteiger partial charge >= 0.3 is 5.97 Å². The summed E-state index contributed by atoms with van der Waals surface area (Å²) in [4.78, 5) is 47.0. The van der Waals surface area contributed by atoms with Gasteiger partial charge in [0.05, 0.1) is 12.1 Å². The third-order valence-electron chi connectivity index (χ3n) is 3.54. The molecule has 1 aromatic rings. The Morgan fingerprint density at radius 2 is 2.04 bits per heavy atom. The first kappa shape index (κ1) is 19.2. The number of carbonyl (C=O) groups is 4. The molecule has 1 aliphatic heterocycles. The highest BCUT2D eigenvalue weighted by Crippen LogP contribution is 2.29. The smallest absolute Gasteiger partial charge is 0.310 e. The summed E-state index contributed by atoms with van der Waals surface area (Å²) in [7, 11) is 0. The van der Waals surface area contributed by atoms with Gasteiger partial charge in [-0.2, -0.15) is 0 Å². The molecule has 0 spiro atoms. The van der Waals surface area contributed by atoms with E-state index in [1.165, 1.54) is 6.92 Å². The Hall–Kier alpha value is -3.10. The van der Waals surface area contributed by atoms with E-state index in [9.17, 15) is 19.2 Å². The predicted octanol–water partition coefficient (Wildman–Crippen LogP) is -0.0398. The molecule has 26 heavy (non-hydrogen) atoms. The molecule has 0 aliphatic carbocycles. The van der Waals surface area contributed by atoms with E-state index in [4.69, 9.17) is 9.47 Å². The van der Waals surface area contributed by atoms with Gasteiger partial charge in [-0.1, -0.05) is 12.1 Å². The summed E-state index contributed by atoms with van der Waals surface area (Å²) in [6, 6.07) is 6.10. The van der Waals surface area contributed by atoms with Crippen LogP contribution in [-0.2, 0) is 23.9 Å². The molecule has 0 saturated carbocycles. The van der Waals surface area contributed by atoms with Crippen LogP contribution in [-0.4, -0.2) is 49.0 Å². The first-order valence-electron chi connectivity index (χ1n) is 8.20. The first-order valence-corrected chi connectivity index (χ1v) is 8.20. The number of hydrogen-bond acceptors (Lipinski definition) is 6. The van der Waals surface area contributed by atoms with E-state index in [1.54, 1.807) is 31.2 Å². The van der Waals surface area contributed by atoms with E-state index in [1.807, 2.05) is 0 Å². The number of amides is 3. The second-order valence-electron chi connectivity index (χ2n) is 5.64. The standard InChI is InChI=1S/C17H21N3O6/c1-3-18-16(23)10(2)19-14(21)9-25-15(22)8-13-17(24)20-11-6-4-5-7-12(11)26-13/h4-7,10,13H,3,8-9H2,1-2H3,(H,18,23)(H,19,21)(H,20,24)/t10-,13+/m1/s1. The van der Waals surface area contributed by atoms with Crippen molar-refractivity contribution in [3.63, 3.8) is 0 Å². The molecule has 0 aromatic heterocycles. The maximum absolute atomic E-state index is 11.9. The molecule has 0 saturated heterocycles. The molecule has 1 aliphatic rings. The highest BCUT2D eigenvalue weighted by Gasteiger charge is 2.30. The monoisotopic (exact) mass is 363 g/mol. The van der Waals surface area contributed by atoms with Gasteiger partial charge < -0.3 is 25.4 Å². The van der Waals surface area contributed by atoms with E-state index in [2.05, 4.69) is 16.0 Å². The fourth-order valence-corrected chi connectivity index (χ4v) is 2.26. The van der Waals surface area contributed by atoms with Crippen molar-refractivity contribution < 1.29 is 28.7 Å². The SMILES string of the molecule is CCNC(=O)[C@@H](C)NC(=O)COC(=O)C[C@@H]1Oc2ccccc2NC1=O. The minimum Gasteiger partial charge on any atom is -0.478 e. The van der Waals surface area contributed by atoms with Gasteiger partial charge in [0, 0.05) is 6.54 Å². The average molecular weight is 363 g/mol. The molecule has 1 heterocycles. The lowest BCUT2D eigenvalue weighted by Gasteiger charge is -2.25. The van der Waals surface area contributed by atoms with E-state index >= 15 is 0 Å². The molecule has 1 aromatic carbocycles. The summed E-state index contributed by atoms with van der Waals surface area (Å²) in [6.07, 6.45) is -1.37. The van der Waals surface area contributed by atoms with Gasteiger partial charge in [-0.3, -0.25) is 19.2 Å². The lowest BCUT2D eigenvalue weighted by molar-refractivity contribution is -0.151. The second-order valence-corrected chi connectivity index (χ2v) is 5.64. The van der Waals surface area contributed by atoms with Crippen molar-refractivity contribution in [2.24, 2.45) is 0 Å². The Morgan fingerprint density at radius 1 is 1.31 bits per heavy atom. The number of likely N-dealkylation sites (N-methyl/N-ethyl adjacent to an activating group) is 1. The third-order valence-corrected chi connectivity index (χ3v) is 3.54. The molecule has 140 valence electrons.